The van der Waals surface area contributed by atoms with E-state index in [1.165, 1.54) is 19.3 Å². The second-order valence-electron chi connectivity index (χ2n) is 8.10. The molecule has 144 valence electrons. The van der Waals surface area contributed by atoms with Crippen LogP contribution in [0.1, 0.15) is 50.8 Å². The number of hydrogen-bond acceptors (Lipinski definition) is 3. The van der Waals surface area contributed by atoms with Crippen molar-refractivity contribution in [1.82, 2.24) is 14.5 Å². The van der Waals surface area contributed by atoms with E-state index in [-0.39, 0.29) is 18.4 Å². The molecule has 6 heteroatoms. The summed E-state index contributed by atoms with van der Waals surface area (Å²) in [5.41, 5.74) is 1.93. The first-order chi connectivity index (χ1) is 13.0. The number of amides is 1. The quantitative estimate of drug-likeness (QED) is 0.897. The van der Waals surface area contributed by atoms with E-state index in [4.69, 9.17) is 4.98 Å². The average Bonchev–Trinajstić information content (AvgIpc) is 3.24. The smallest absolute Gasteiger partial charge is 0.308 e. The third-order valence-corrected chi connectivity index (χ3v) is 6.23. The van der Waals surface area contributed by atoms with Crippen LogP contribution < -0.4 is 0 Å². The minimum atomic E-state index is -0.811. The van der Waals surface area contributed by atoms with Gasteiger partial charge in [-0.3, -0.25) is 9.59 Å². The van der Waals surface area contributed by atoms with E-state index in [1.54, 1.807) is 4.90 Å². The van der Waals surface area contributed by atoms with Crippen LogP contribution in [0.4, 0.5) is 0 Å². The summed E-state index contributed by atoms with van der Waals surface area (Å²) in [7, 11) is 0. The third-order valence-electron chi connectivity index (χ3n) is 6.23. The molecular formula is C21H27N3O3. The molecule has 1 N–H and O–H groups in total. The second kappa shape index (κ2) is 7.33. The molecule has 1 saturated carbocycles. The monoisotopic (exact) mass is 369 g/mol. The molecule has 2 aromatic rings. The molecule has 2 aliphatic rings. The number of nitrogens with zero attached hydrogens (tertiary/aromatic N) is 3. The molecule has 6 nitrogen and oxygen atoms in total. The highest BCUT2D eigenvalue weighted by atomic mass is 16.4. The van der Waals surface area contributed by atoms with Crippen LogP contribution in [0, 0.1) is 11.8 Å². The van der Waals surface area contributed by atoms with Crippen molar-refractivity contribution in [2.75, 3.05) is 13.1 Å². The number of carbonyl (C=O) groups is 2. The van der Waals surface area contributed by atoms with Crippen molar-refractivity contribution in [3.63, 3.8) is 0 Å². The first-order valence-corrected chi connectivity index (χ1v) is 10.0. The van der Waals surface area contributed by atoms with Crippen molar-refractivity contribution in [3.05, 3.63) is 30.1 Å². The van der Waals surface area contributed by atoms with E-state index < -0.39 is 11.9 Å². The summed E-state index contributed by atoms with van der Waals surface area (Å²) in [5, 5.41) is 9.34. The number of aliphatic carboxylic acids is 1. The van der Waals surface area contributed by atoms with Gasteiger partial charge in [0.15, 0.2) is 0 Å². The number of hydrogen-bond donors (Lipinski definition) is 1. The summed E-state index contributed by atoms with van der Waals surface area (Å²) in [4.78, 5) is 31.0. The van der Waals surface area contributed by atoms with Gasteiger partial charge in [0, 0.05) is 19.0 Å². The topological polar surface area (TPSA) is 75.4 Å². The molecule has 2 heterocycles. The standard InChI is InChI=1S/C21H27N3O3/c1-14-11-23(12-16(14)21(26)27)19(25)13-24-18-10-6-5-9-17(18)22-20(24)15-7-3-2-4-8-15/h5-6,9-10,14-16H,2-4,7-8,11-13H2,1H3,(H,26,27)/t14-,16-/m1/s1. The Kier molecular flexibility index (Phi) is 4.89. The molecule has 1 amide bonds. The number of fused-ring (bicyclic) bond motifs is 1. The third kappa shape index (κ3) is 3.45. The fraction of sp³-hybridized carbons (Fsp3) is 0.571. The number of likely N-dealkylation sites (tertiary alicyclic amines) is 1. The van der Waals surface area contributed by atoms with Gasteiger partial charge in [0.05, 0.1) is 17.0 Å². The van der Waals surface area contributed by atoms with Crippen LogP contribution >= 0.6 is 0 Å². The SMILES string of the molecule is C[C@@H]1CN(C(=O)Cn2c(C3CCCCC3)nc3ccccc32)C[C@H]1C(=O)O. The van der Waals surface area contributed by atoms with Gasteiger partial charge in [-0.15, -0.1) is 0 Å². The molecule has 1 aromatic heterocycles. The van der Waals surface area contributed by atoms with E-state index in [0.29, 0.717) is 19.0 Å². The predicted molar refractivity (Wildman–Crippen MR) is 102 cm³/mol. The lowest BCUT2D eigenvalue weighted by Gasteiger charge is -2.23. The number of benzene rings is 1. The molecule has 0 spiro atoms. The van der Waals surface area contributed by atoms with Gasteiger partial charge in [0.2, 0.25) is 5.91 Å². The van der Waals surface area contributed by atoms with Gasteiger partial charge in [-0.05, 0) is 30.9 Å². The number of aromatic nitrogens is 2. The zero-order valence-corrected chi connectivity index (χ0v) is 15.8. The lowest BCUT2D eigenvalue weighted by molar-refractivity contribution is -0.142. The van der Waals surface area contributed by atoms with Gasteiger partial charge in [-0.25, -0.2) is 4.98 Å². The maximum Gasteiger partial charge on any atom is 0.308 e. The highest BCUT2D eigenvalue weighted by molar-refractivity contribution is 5.82. The molecule has 0 unspecified atom stereocenters. The number of carboxylic acid groups (broad SMARTS) is 1. The van der Waals surface area contributed by atoms with E-state index >= 15 is 0 Å². The van der Waals surface area contributed by atoms with Gasteiger partial charge >= 0.3 is 5.97 Å². The highest BCUT2D eigenvalue weighted by Gasteiger charge is 2.37. The van der Waals surface area contributed by atoms with Crippen LogP contribution in [0.2, 0.25) is 0 Å². The van der Waals surface area contributed by atoms with E-state index in [0.717, 1.165) is 29.7 Å². The molecule has 27 heavy (non-hydrogen) atoms. The molecule has 4 rings (SSSR count). The molecule has 1 saturated heterocycles. The van der Waals surface area contributed by atoms with Crippen LogP contribution in [0.3, 0.4) is 0 Å². The van der Waals surface area contributed by atoms with Crippen LogP contribution in [0.25, 0.3) is 11.0 Å². The average molecular weight is 369 g/mol. The van der Waals surface area contributed by atoms with Crippen LogP contribution in [0.15, 0.2) is 24.3 Å². The van der Waals surface area contributed by atoms with Crippen molar-refractivity contribution in [3.8, 4) is 0 Å². The van der Waals surface area contributed by atoms with E-state index in [1.807, 2.05) is 31.2 Å². The Labute approximate surface area is 159 Å². The van der Waals surface area contributed by atoms with Crippen LogP contribution in [-0.4, -0.2) is 44.5 Å². The molecule has 0 bridgehead atoms. The second-order valence-corrected chi connectivity index (χ2v) is 8.10. The summed E-state index contributed by atoms with van der Waals surface area (Å²) in [6, 6.07) is 7.98. The normalized spacial score (nSPS) is 23.8. The summed E-state index contributed by atoms with van der Waals surface area (Å²) < 4.78 is 2.08. The maximum atomic E-state index is 13.0. The molecule has 2 fully saturated rings. The number of carbonyl (C=O) groups excluding carboxylic acids is 1. The number of rotatable bonds is 4. The minimum Gasteiger partial charge on any atom is -0.481 e. The molecule has 1 aliphatic heterocycles. The van der Waals surface area contributed by atoms with Gasteiger partial charge in [0.25, 0.3) is 0 Å². The Hall–Kier alpha value is -2.37. The fourth-order valence-electron chi connectivity index (χ4n) is 4.66. The zero-order chi connectivity index (χ0) is 19.0. The molecule has 0 radical (unpaired) electrons. The number of para-hydroxylation sites is 2. The van der Waals surface area contributed by atoms with Crippen molar-refractivity contribution >= 4 is 22.9 Å². The van der Waals surface area contributed by atoms with Crippen molar-refractivity contribution in [1.29, 1.82) is 0 Å². The van der Waals surface area contributed by atoms with E-state index in [2.05, 4.69) is 4.57 Å². The summed E-state index contributed by atoms with van der Waals surface area (Å²) in [5.74, 6) is 0.129. The van der Waals surface area contributed by atoms with E-state index in [9.17, 15) is 14.7 Å². The Morgan fingerprint density at radius 2 is 1.89 bits per heavy atom. The largest absolute Gasteiger partial charge is 0.481 e. The Bertz CT molecular complexity index is 853. The Morgan fingerprint density at radius 1 is 1.15 bits per heavy atom. The van der Waals surface area contributed by atoms with Gasteiger partial charge < -0.3 is 14.6 Å². The first-order valence-electron chi connectivity index (χ1n) is 10.0. The molecule has 1 aromatic carbocycles. The molecule has 2 atom stereocenters. The fourth-order valence-corrected chi connectivity index (χ4v) is 4.66. The van der Waals surface area contributed by atoms with Crippen molar-refractivity contribution in [2.45, 2.75) is 51.5 Å². The zero-order valence-electron chi connectivity index (χ0n) is 15.8. The van der Waals surface area contributed by atoms with Crippen LogP contribution in [0.5, 0.6) is 0 Å². The maximum absolute atomic E-state index is 13.0. The molecular weight excluding hydrogens is 342 g/mol. The summed E-state index contributed by atoms with van der Waals surface area (Å²) in [6.07, 6.45) is 5.95. The minimum absolute atomic E-state index is 0.00851. The van der Waals surface area contributed by atoms with Crippen molar-refractivity contribution in [2.24, 2.45) is 11.8 Å². The highest BCUT2D eigenvalue weighted by Crippen LogP contribution is 2.34. The number of carboxylic acids is 1. The number of imidazole rings is 1. The van der Waals surface area contributed by atoms with Crippen molar-refractivity contribution < 1.29 is 14.7 Å². The van der Waals surface area contributed by atoms with Crippen LogP contribution in [-0.2, 0) is 16.1 Å². The summed E-state index contributed by atoms with van der Waals surface area (Å²) >= 11 is 0. The predicted octanol–water partition coefficient (Wildman–Crippen LogP) is 3.26. The molecule has 1 aliphatic carbocycles. The Balaban J connectivity index is 1.61. The Morgan fingerprint density at radius 3 is 2.59 bits per heavy atom. The van der Waals surface area contributed by atoms with Gasteiger partial charge in [0.1, 0.15) is 12.4 Å². The van der Waals surface area contributed by atoms with Gasteiger partial charge in [-0.1, -0.05) is 38.3 Å². The summed E-state index contributed by atoms with van der Waals surface area (Å²) in [6.45, 7) is 2.97. The first kappa shape index (κ1) is 18.0. The van der Waals surface area contributed by atoms with Gasteiger partial charge in [-0.2, -0.15) is 0 Å². The lowest BCUT2D eigenvalue weighted by Crippen LogP contribution is -2.33. The lowest BCUT2D eigenvalue weighted by atomic mass is 9.88.